The van der Waals surface area contributed by atoms with Gasteiger partial charge in [-0.3, -0.25) is 0 Å². The summed E-state index contributed by atoms with van der Waals surface area (Å²) in [5.41, 5.74) is 0.989. The first-order valence-electron chi connectivity index (χ1n) is 9.14. The highest BCUT2D eigenvalue weighted by atomic mass is 16.5. The number of rotatable bonds is 12. The maximum atomic E-state index is 12.1. The van der Waals surface area contributed by atoms with E-state index < -0.39 is 11.9 Å². The van der Waals surface area contributed by atoms with Crippen LogP contribution < -0.4 is 0 Å². The molecule has 1 aromatic carbocycles. The van der Waals surface area contributed by atoms with Gasteiger partial charge in [0, 0.05) is 0 Å². The first-order valence-corrected chi connectivity index (χ1v) is 9.14. The molecule has 0 aliphatic rings. The van der Waals surface area contributed by atoms with E-state index in [0.29, 0.717) is 19.4 Å². The van der Waals surface area contributed by atoms with Crippen LogP contribution in [0.3, 0.4) is 0 Å². The van der Waals surface area contributed by atoms with E-state index in [4.69, 9.17) is 4.74 Å². The number of carbonyl (C=O) groups excluding carboxylic acids is 1. The molecule has 0 radical (unpaired) electrons. The molecule has 0 spiro atoms. The number of benzene rings is 1. The van der Waals surface area contributed by atoms with Crippen molar-refractivity contribution in [2.75, 3.05) is 6.61 Å². The second-order valence-corrected chi connectivity index (χ2v) is 6.15. The first-order chi connectivity index (χ1) is 11.6. The van der Waals surface area contributed by atoms with Gasteiger partial charge in [-0.25, -0.2) is 9.59 Å². The molecule has 4 heteroatoms. The van der Waals surface area contributed by atoms with Gasteiger partial charge in [-0.1, -0.05) is 64.5 Å². The fourth-order valence-electron chi connectivity index (χ4n) is 2.78. The zero-order chi connectivity index (χ0) is 17.8. The normalized spacial score (nSPS) is 10.6. The van der Waals surface area contributed by atoms with Gasteiger partial charge < -0.3 is 9.84 Å². The molecular weight excluding hydrogens is 304 g/mol. The minimum absolute atomic E-state index is 0.101. The van der Waals surface area contributed by atoms with Crippen molar-refractivity contribution >= 4 is 11.9 Å². The molecule has 1 rings (SSSR count). The van der Waals surface area contributed by atoms with Gasteiger partial charge in [0.25, 0.3) is 0 Å². The van der Waals surface area contributed by atoms with E-state index in [-0.39, 0.29) is 11.1 Å². The Balaban J connectivity index is 2.66. The Hall–Kier alpha value is -1.84. The summed E-state index contributed by atoms with van der Waals surface area (Å²) in [7, 11) is 0. The second-order valence-electron chi connectivity index (χ2n) is 6.15. The maximum absolute atomic E-state index is 12.1. The highest BCUT2D eigenvalue weighted by molar-refractivity contribution is 6.03. The van der Waals surface area contributed by atoms with Crippen molar-refractivity contribution in [3.8, 4) is 0 Å². The minimum Gasteiger partial charge on any atom is -0.478 e. The molecule has 0 aliphatic heterocycles. The van der Waals surface area contributed by atoms with Crippen LogP contribution in [0, 0.1) is 0 Å². The molecule has 0 saturated heterocycles. The van der Waals surface area contributed by atoms with E-state index in [1.54, 1.807) is 12.1 Å². The third kappa shape index (κ3) is 6.73. The first kappa shape index (κ1) is 20.2. The van der Waals surface area contributed by atoms with E-state index in [1.165, 1.54) is 38.2 Å². The summed E-state index contributed by atoms with van der Waals surface area (Å²) in [5, 5.41) is 9.51. The number of carboxylic acids is 1. The lowest BCUT2D eigenvalue weighted by Gasteiger charge is -2.11. The summed E-state index contributed by atoms with van der Waals surface area (Å²) >= 11 is 0. The van der Waals surface area contributed by atoms with Crippen LogP contribution in [0.1, 0.15) is 91.5 Å². The van der Waals surface area contributed by atoms with E-state index in [2.05, 4.69) is 6.92 Å². The predicted octanol–water partition coefficient (Wildman–Crippen LogP) is 5.24. The lowest BCUT2D eigenvalue weighted by atomic mass is 9.96. The van der Waals surface area contributed by atoms with E-state index in [1.807, 2.05) is 6.92 Å². The highest BCUT2D eigenvalue weighted by Crippen LogP contribution is 2.19. The van der Waals surface area contributed by atoms with Crippen molar-refractivity contribution in [2.24, 2.45) is 0 Å². The van der Waals surface area contributed by atoms with Crippen molar-refractivity contribution in [1.82, 2.24) is 0 Å². The fourth-order valence-corrected chi connectivity index (χ4v) is 2.78. The van der Waals surface area contributed by atoms with E-state index in [9.17, 15) is 14.7 Å². The number of esters is 1. The lowest BCUT2D eigenvalue weighted by Crippen LogP contribution is -2.14. The Morgan fingerprint density at radius 3 is 2.25 bits per heavy atom. The van der Waals surface area contributed by atoms with Crippen molar-refractivity contribution in [1.29, 1.82) is 0 Å². The van der Waals surface area contributed by atoms with Crippen LogP contribution in [0.2, 0.25) is 0 Å². The smallest absolute Gasteiger partial charge is 0.339 e. The van der Waals surface area contributed by atoms with Crippen molar-refractivity contribution in [3.05, 3.63) is 34.9 Å². The van der Waals surface area contributed by atoms with Gasteiger partial charge in [-0.2, -0.15) is 0 Å². The average Bonchev–Trinajstić information content (AvgIpc) is 2.58. The van der Waals surface area contributed by atoms with Gasteiger partial charge >= 0.3 is 11.9 Å². The minimum atomic E-state index is -1.06. The number of carbonyl (C=O) groups is 2. The highest BCUT2D eigenvalue weighted by Gasteiger charge is 2.20. The summed E-state index contributed by atoms with van der Waals surface area (Å²) in [6.45, 7) is 4.41. The molecule has 4 nitrogen and oxygen atoms in total. The Kier molecular flexibility index (Phi) is 9.81. The van der Waals surface area contributed by atoms with Crippen LogP contribution in [-0.2, 0) is 11.2 Å². The Morgan fingerprint density at radius 1 is 0.958 bits per heavy atom. The van der Waals surface area contributed by atoms with Gasteiger partial charge in [0.2, 0.25) is 0 Å². The van der Waals surface area contributed by atoms with E-state index >= 15 is 0 Å². The second kappa shape index (κ2) is 11.7. The number of aromatic carboxylic acids is 1. The molecule has 1 N–H and O–H groups in total. The van der Waals surface area contributed by atoms with Crippen LogP contribution in [0.5, 0.6) is 0 Å². The summed E-state index contributed by atoms with van der Waals surface area (Å²) in [6.07, 6.45) is 9.65. The van der Waals surface area contributed by atoms with Gasteiger partial charge in [-0.05, 0) is 30.9 Å². The standard InChI is InChI=1S/C20H30O4/c1-3-5-6-7-8-9-10-12-16-13-11-14-17(18(16)19(21)22)20(23)24-15-4-2/h11,13-14H,3-10,12,15H2,1-2H3,(H,21,22). The van der Waals surface area contributed by atoms with Crippen LogP contribution in [0.4, 0.5) is 0 Å². The predicted molar refractivity (Wildman–Crippen MR) is 95.7 cm³/mol. The van der Waals surface area contributed by atoms with Gasteiger partial charge in [0.05, 0.1) is 17.7 Å². The van der Waals surface area contributed by atoms with Gasteiger partial charge in [0.15, 0.2) is 0 Å². The summed E-state index contributed by atoms with van der Waals surface area (Å²) < 4.78 is 5.10. The largest absolute Gasteiger partial charge is 0.478 e. The molecule has 0 atom stereocenters. The third-order valence-electron chi connectivity index (χ3n) is 4.07. The number of hydrogen-bond acceptors (Lipinski definition) is 3. The zero-order valence-corrected chi connectivity index (χ0v) is 15.0. The Morgan fingerprint density at radius 2 is 1.62 bits per heavy atom. The van der Waals surface area contributed by atoms with E-state index in [0.717, 1.165) is 18.4 Å². The molecule has 0 unspecified atom stereocenters. The Bertz CT molecular complexity index is 522. The van der Waals surface area contributed by atoms with Crippen molar-refractivity contribution < 1.29 is 19.4 Å². The Labute approximate surface area is 145 Å². The van der Waals surface area contributed by atoms with Gasteiger partial charge in [0.1, 0.15) is 0 Å². The summed E-state index contributed by atoms with van der Waals surface area (Å²) in [5.74, 6) is -1.60. The number of ether oxygens (including phenoxy) is 1. The van der Waals surface area contributed by atoms with Crippen molar-refractivity contribution in [2.45, 2.75) is 71.6 Å². The number of carboxylic acid groups (broad SMARTS) is 1. The van der Waals surface area contributed by atoms with Crippen LogP contribution in [-0.4, -0.2) is 23.7 Å². The molecule has 0 heterocycles. The van der Waals surface area contributed by atoms with Crippen LogP contribution in [0.25, 0.3) is 0 Å². The zero-order valence-electron chi connectivity index (χ0n) is 15.0. The fraction of sp³-hybridized carbons (Fsp3) is 0.600. The molecular formula is C20H30O4. The van der Waals surface area contributed by atoms with Gasteiger partial charge in [-0.15, -0.1) is 0 Å². The quantitative estimate of drug-likeness (QED) is 0.419. The monoisotopic (exact) mass is 334 g/mol. The molecule has 0 saturated carbocycles. The van der Waals surface area contributed by atoms with Crippen LogP contribution >= 0.6 is 0 Å². The average molecular weight is 334 g/mol. The lowest BCUT2D eigenvalue weighted by molar-refractivity contribution is 0.0494. The molecule has 0 fully saturated rings. The molecule has 0 aromatic heterocycles. The summed E-state index contributed by atoms with van der Waals surface area (Å²) in [4.78, 5) is 23.7. The number of hydrogen-bond donors (Lipinski definition) is 1. The molecule has 134 valence electrons. The number of aryl methyl sites for hydroxylation is 1. The topological polar surface area (TPSA) is 63.6 Å². The molecule has 24 heavy (non-hydrogen) atoms. The maximum Gasteiger partial charge on any atom is 0.339 e. The molecule has 0 bridgehead atoms. The SMILES string of the molecule is CCCCCCCCCc1cccc(C(=O)OCCC)c1C(=O)O. The molecule has 0 amide bonds. The third-order valence-corrected chi connectivity index (χ3v) is 4.07. The molecule has 0 aliphatic carbocycles. The number of unbranched alkanes of at least 4 members (excludes halogenated alkanes) is 6. The van der Waals surface area contributed by atoms with Crippen LogP contribution in [0.15, 0.2) is 18.2 Å². The summed E-state index contributed by atoms with van der Waals surface area (Å²) in [6, 6.07) is 5.08. The van der Waals surface area contributed by atoms with Crippen molar-refractivity contribution in [3.63, 3.8) is 0 Å². The molecule has 1 aromatic rings.